The highest BCUT2D eigenvalue weighted by Crippen LogP contribution is 2.24. The van der Waals surface area contributed by atoms with Crippen LogP contribution < -0.4 is 5.73 Å². The van der Waals surface area contributed by atoms with Crippen molar-refractivity contribution in [2.45, 2.75) is 0 Å². The van der Waals surface area contributed by atoms with Crippen LogP contribution in [0.2, 0.25) is 0 Å². The Bertz CT molecular complexity index is 307. The fourth-order valence-corrected chi connectivity index (χ4v) is 2.35. The van der Waals surface area contributed by atoms with Crippen molar-refractivity contribution >= 4 is 44.2 Å². The van der Waals surface area contributed by atoms with Gasteiger partial charge in [-0.2, -0.15) is 5.26 Å². The minimum atomic E-state index is 0.505. The Morgan fingerprint density at radius 3 is 2.64 bits per heavy atom. The fourth-order valence-electron chi connectivity index (χ4n) is 0.711. The van der Waals surface area contributed by atoms with E-state index >= 15 is 0 Å². The maximum absolute atomic E-state index is 8.63. The summed E-state index contributed by atoms with van der Waals surface area (Å²) in [4.78, 5) is 0. The number of nitrogen functional groups attached to an aromatic ring is 1. The van der Waals surface area contributed by atoms with Gasteiger partial charge < -0.3 is 5.73 Å². The molecular weight excluding hydrogens is 319 g/mol. The van der Waals surface area contributed by atoms with Gasteiger partial charge in [0.25, 0.3) is 0 Å². The second kappa shape index (κ2) is 3.41. The van der Waals surface area contributed by atoms with Crippen LogP contribution in [0.25, 0.3) is 0 Å². The molecule has 0 fully saturated rings. The van der Waals surface area contributed by atoms with Gasteiger partial charge in [0, 0.05) is 8.04 Å². The summed E-state index contributed by atoms with van der Waals surface area (Å²) in [6.07, 6.45) is 0. The number of rotatable bonds is 0. The summed E-state index contributed by atoms with van der Waals surface area (Å²) in [5, 5.41) is 8.63. The van der Waals surface area contributed by atoms with Crippen molar-refractivity contribution in [2.75, 3.05) is 5.73 Å². The molecule has 0 saturated heterocycles. The molecule has 11 heavy (non-hydrogen) atoms. The topological polar surface area (TPSA) is 49.8 Å². The van der Waals surface area contributed by atoms with E-state index < -0.39 is 0 Å². The molecule has 4 heteroatoms. The van der Waals surface area contributed by atoms with Gasteiger partial charge in [-0.25, -0.2) is 0 Å². The summed E-state index contributed by atoms with van der Waals surface area (Å²) in [5.74, 6) is 0. The van der Waals surface area contributed by atoms with Crippen LogP contribution in [0, 0.1) is 14.9 Å². The lowest BCUT2D eigenvalue weighted by atomic mass is 10.2. The minimum absolute atomic E-state index is 0.505. The number of hydrogen-bond acceptors (Lipinski definition) is 2. The van der Waals surface area contributed by atoms with E-state index in [2.05, 4.69) is 38.5 Å². The van der Waals surface area contributed by atoms with E-state index in [0.717, 1.165) is 8.04 Å². The summed E-state index contributed by atoms with van der Waals surface area (Å²) < 4.78 is 1.77. The van der Waals surface area contributed by atoms with Crippen molar-refractivity contribution < 1.29 is 0 Å². The number of nitrogens with zero attached hydrogens (tertiary/aromatic N) is 1. The van der Waals surface area contributed by atoms with E-state index in [-0.39, 0.29) is 0 Å². The van der Waals surface area contributed by atoms with Gasteiger partial charge in [0.2, 0.25) is 0 Å². The Balaban J connectivity index is 3.40. The molecule has 56 valence electrons. The molecule has 0 spiro atoms. The van der Waals surface area contributed by atoms with Gasteiger partial charge in [0.15, 0.2) is 0 Å². The van der Waals surface area contributed by atoms with Crippen molar-refractivity contribution in [3.63, 3.8) is 0 Å². The average molecular weight is 323 g/mol. The number of benzene rings is 1. The molecule has 0 saturated carbocycles. The largest absolute Gasteiger partial charge is 0.398 e. The minimum Gasteiger partial charge on any atom is -0.398 e. The molecule has 2 N–H and O–H groups in total. The Kier molecular flexibility index (Phi) is 2.73. The van der Waals surface area contributed by atoms with Crippen molar-refractivity contribution in [3.05, 3.63) is 25.7 Å². The average Bonchev–Trinajstić information content (AvgIpc) is 1.85. The molecule has 0 aliphatic heterocycles. The first-order valence-corrected chi connectivity index (χ1v) is 4.67. The van der Waals surface area contributed by atoms with Crippen LogP contribution in [0.15, 0.2) is 16.6 Å². The van der Waals surface area contributed by atoms with Crippen molar-refractivity contribution in [1.29, 1.82) is 5.26 Å². The van der Waals surface area contributed by atoms with E-state index in [1.54, 1.807) is 6.07 Å². The highest BCUT2D eigenvalue weighted by molar-refractivity contribution is 14.1. The molecule has 0 atom stereocenters. The smallest absolute Gasteiger partial charge is 0.102 e. The molecule has 0 aromatic heterocycles. The van der Waals surface area contributed by atoms with Gasteiger partial charge in [-0.3, -0.25) is 0 Å². The van der Waals surface area contributed by atoms with E-state index in [4.69, 9.17) is 11.0 Å². The standard InChI is InChI=1S/C7H4BrIN2/c8-6-1-4(9)2-7(11)5(6)3-10/h1-2H,11H2. The van der Waals surface area contributed by atoms with Crippen LogP contribution in [0.4, 0.5) is 5.69 Å². The predicted molar refractivity (Wildman–Crippen MR) is 56.0 cm³/mol. The van der Waals surface area contributed by atoms with Crippen molar-refractivity contribution in [3.8, 4) is 6.07 Å². The number of anilines is 1. The third-order valence-electron chi connectivity index (χ3n) is 1.20. The molecule has 1 aromatic rings. The van der Waals surface area contributed by atoms with Crippen LogP contribution in [0.5, 0.6) is 0 Å². The quantitative estimate of drug-likeness (QED) is 0.589. The first-order chi connectivity index (χ1) is 5.15. The lowest BCUT2D eigenvalue weighted by Crippen LogP contribution is -1.91. The zero-order chi connectivity index (χ0) is 8.43. The van der Waals surface area contributed by atoms with Crippen LogP contribution in [-0.4, -0.2) is 0 Å². The molecule has 0 aliphatic rings. The molecular formula is C7H4BrIN2. The maximum atomic E-state index is 8.63. The van der Waals surface area contributed by atoms with Crippen LogP contribution in [0.1, 0.15) is 5.56 Å². The second-order valence-corrected chi connectivity index (χ2v) is 4.06. The maximum Gasteiger partial charge on any atom is 0.102 e. The molecule has 1 aromatic carbocycles. The number of nitriles is 1. The molecule has 0 heterocycles. The molecule has 0 unspecified atom stereocenters. The molecule has 0 bridgehead atoms. The highest BCUT2D eigenvalue weighted by Gasteiger charge is 2.03. The Morgan fingerprint density at radius 1 is 1.55 bits per heavy atom. The number of hydrogen-bond donors (Lipinski definition) is 1. The summed E-state index contributed by atoms with van der Waals surface area (Å²) >= 11 is 5.40. The summed E-state index contributed by atoms with van der Waals surface area (Å²) in [5.41, 5.74) is 6.60. The lowest BCUT2D eigenvalue weighted by molar-refractivity contribution is 1.45. The SMILES string of the molecule is N#Cc1c(N)cc(I)cc1Br. The Morgan fingerprint density at radius 2 is 2.18 bits per heavy atom. The zero-order valence-corrected chi connectivity index (χ0v) is 9.18. The number of nitrogens with two attached hydrogens (primary N) is 1. The van der Waals surface area contributed by atoms with Crippen molar-refractivity contribution in [1.82, 2.24) is 0 Å². The van der Waals surface area contributed by atoms with E-state index in [9.17, 15) is 0 Å². The van der Waals surface area contributed by atoms with Gasteiger partial charge in [0.05, 0.1) is 11.3 Å². The van der Waals surface area contributed by atoms with Crippen molar-refractivity contribution in [2.24, 2.45) is 0 Å². The second-order valence-electron chi connectivity index (χ2n) is 1.96. The predicted octanol–water partition coefficient (Wildman–Crippen LogP) is 2.51. The Hall–Kier alpha value is -0.280. The number of halogens is 2. The van der Waals surface area contributed by atoms with Crippen LogP contribution >= 0.6 is 38.5 Å². The molecule has 0 amide bonds. The van der Waals surface area contributed by atoms with E-state index in [0.29, 0.717) is 11.3 Å². The molecule has 2 nitrogen and oxygen atoms in total. The van der Waals surface area contributed by atoms with Gasteiger partial charge >= 0.3 is 0 Å². The molecule has 0 radical (unpaired) electrons. The molecule has 0 aliphatic carbocycles. The van der Waals surface area contributed by atoms with Gasteiger partial charge in [0.1, 0.15) is 6.07 Å². The van der Waals surface area contributed by atoms with Crippen LogP contribution in [-0.2, 0) is 0 Å². The third kappa shape index (κ3) is 1.84. The summed E-state index contributed by atoms with van der Waals surface area (Å²) in [6.45, 7) is 0. The van der Waals surface area contributed by atoms with Gasteiger partial charge in [-0.15, -0.1) is 0 Å². The third-order valence-corrected chi connectivity index (χ3v) is 2.45. The van der Waals surface area contributed by atoms with E-state index in [1.165, 1.54) is 0 Å². The summed E-state index contributed by atoms with van der Waals surface area (Å²) in [6, 6.07) is 5.64. The summed E-state index contributed by atoms with van der Waals surface area (Å²) in [7, 11) is 0. The first-order valence-electron chi connectivity index (χ1n) is 2.79. The van der Waals surface area contributed by atoms with E-state index in [1.807, 2.05) is 12.1 Å². The molecule has 1 rings (SSSR count). The fraction of sp³-hybridized carbons (Fsp3) is 0. The zero-order valence-electron chi connectivity index (χ0n) is 5.44. The normalized spacial score (nSPS) is 9.18. The van der Waals surface area contributed by atoms with Gasteiger partial charge in [-0.1, -0.05) is 0 Å². The highest BCUT2D eigenvalue weighted by atomic mass is 127. The van der Waals surface area contributed by atoms with Crippen LogP contribution in [0.3, 0.4) is 0 Å². The Labute approximate surface area is 86.7 Å². The van der Waals surface area contributed by atoms with Gasteiger partial charge in [-0.05, 0) is 50.7 Å². The monoisotopic (exact) mass is 322 g/mol. The first kappa shape index (κ1) is 8.81. The lowest BCUT2D eigenvalue weighted by Gasteiger charge is -2.00.